The molecule has 1 aliphatic rings. The van der Waals surface area contributed by atoms with Gasteiger partial charge < -0.3 is 15.5 Å². The first-order valence-electron chi connectivity index (χ1n) is 6.51. The Morgan fingerprint density at radius 3 is 2.86 bits per heavy atom. The fourth-order valence-corrected chi connectivity index (χ4v) is 2.38. The number of nitro benzene ring substituents is 1. The van der Waals surface area contributed by atoms with Gasteiger partial charge in [-0.2, -0.15) is 0 Å². The number of carbonyl (C=O) groups excluding carboxylic acids is 1. The Balaban J connectivity index is 2.43. The number of nitro groups is 1. The number of nitrogens with zero attached hydrogens (tertiary/aromatic N) is 1. The van der Waals surface area contributed by atoms with E-state index in [9.17, 15) is 20.0 Å². The van der Waals surface area contributed by atoms with Gasteiger partial charge in [0.2, 0.25) is 0 Å². The van der Waals surface area contributed by atoms with Crippen molar-refractivity contribution >= 4 is 17.3 Å². The summed E-state index contributed by atoms with van der Waals surface area (Å²) in [5, 5.41) is 32.9. The molecule has 0 aromatic heterocycles. The van der Waals surface area contributed by atoms with Crippen molar-refractivity contribution < 1.29 is 19.9 Å². The zero-order valence-electron chi connectivity index (χ0n) is 11.4. The number of anilines is 1. The summed E-state index contributed by atoms with van der Waals surface area (Å²) in [6.07, 6.45) is 3.68. The lowest BCUT2D eigenvalue weighted by Gasteiger charge is -2.25. The van der Waals surface area contributed by atoms with E-state index in [4.69, 9.17) is 5.11 Å². The molecule has 0 unspecified atom stereocenters. The lowest BCUT2D eigenvalue weighted by molar-refractivity contribution is -0.385. The van der Waals surface area contributed by atoms with Gasteiger partial charge in [-0.25, -0.2) is 0 Å². The maximum absolute atomic E-state index is 12.1. The van der Waals surface area contributed by atoms with Crippen LogP contribution in [-0.4, -0.2) is 27.7 Å². The topological polar surface area (TPSA) is 113 Å². The number of fused-ring (bicyclic) bond motifs is 1. The number of aliphatic hydroxyl groups excluding tert-OH is 1. The molecule has 2 atom stereocenters. The maximum Gasteiger partial charge on any atom is 0.269 e. The highest BCUT2D eigenvalue weighted by Crippen LogP contribution is 2.43. The standard InChI is InChI=1S/C14H16N2O5/c1-9(4-2-3-7-17)14(19)11-8-10(16(20)21)5-6-12(11)15-13(14)18/h2,4-6,8-9,17,19H,3,7H2,1H3,(H,15,18)/b4-2+/t9-,14+/m1/s1. The molecule has 0 spiro atoms. The Labute approximate surface area is 121 Å². The molecule has 0 aliphatic carbocycles. The van der Waals surface area contributed by atoms with Crippen molar-refractivity contribution in [1.82, 2.24) is 0 Å². The number of non-ortho nitro benzene ring substituents is 1. The van der Waals surface area contributed by atoms with Gasteiger partial charge in [0.1, 0.15) is 0 Å². The van der Waals surface area contributed by atoms with Crippen molar-refractivity contribution in [2.24, 2.45) is 5.92 Å². The first kappa shape index (κ1) is 15.1. The van der Waals surface area contributed by atoms with Crippen molar-refractivity contribution in [2.45, 2.75) is 18.9 Å². The third kappa shape index (κ3) is 2.53. The number of rotatable bonds is 5. The molecule has 1 aliphatic heterocycles. The lowest BCUT2D eigenvalue weighted by Crippen LogP contribution is -2.39. The second-order valence-corrected chi connectivity index (χ2v) is 4.94. The maximum atomic E-state index is 12.1. The number of hydrogen-bond acceptors (Lipinski definition) is 5. The predicted octanol–water partition coefficient (Wildman–Crippen LogP) is 1.31. The molecule has 3 N–H and O–H groups in total. The summed E-state index contributed by atoms with van der Waals surface area (Å²) in [6, 6.07) is 3.90. The summed E-state index contributed by atoms with van der Waals surface area (Å²) in [5.74, 6) is -1.20. The fourth-order valence-electron chi connectivity index (χ4n) is 2.38. The van der Waals surface area contributed by atoms with Gasteiger partial charge in [-0.05, 0) is 12.5 Å². The van der Waals surface area contributed by atoms with E-state index < -0.39 is 22.3 Å². The van der Waals surface area contributed by atoms with Gasteiger partial charge in [0.25, 0.3) is 11.6 Å². The van der Waals surface area contributed by atoms with E-state index in [2.05, 4.69) is 5.32 Å². The highest BCUT2D eigenvalue weighted by Gasteiger charge is 2.49. The van der Waals surface area contributed by atoms with Gasteiger partial charge in [-0.3, -0.25) is 14.9 Å². The van der Waals surface area contributed by atoms with Gasteiger partial charge in [-0.1, -0.05) is 19.1 Å². The minimum Gasteiger partial charge on any atom is -0.396 e. The Morgan fingerprint density at radius 1 is 1.52 bits per heavy atom. The molecule has 0 saturated carbocycles. The van der Waals surface area contributed by atoms with Crippen LogP contribution in [0.25, 0.3) is 0 Å². The van der Waals surface area contributed by atoms with Crippen LogP contribution in [0.15, 0.2) is 30.4 Å². The fraction of sp³-hybridized carbons (Fsp3) is 0.357. The van der Waals surface area contributed by atoms with Crippen molar-refractivity contribution in [3.63, 3.8) is 0 Å². The molecular weight excluding hydrogens is 276 g/mol. The molecule has 2 rings (SSSR count). The highest BCUT2D eigenvalue weighted by atomic mass is 16.6. The second kappa shape index (κ2) is 5.63. The lowest BCUT2D eigenvalue weighted by atomic mass is 9.83. The van der Waals surface area contributed by atoms with Crippen LogP contribution in [0.5, 0.6) is 0 Å². The summed E-state index contributed by atoms with van der Waals surface area (Å²) >= 11 is 0. The predicted molar refractivity (Wildman–Crippen MR) is 75.6 cm³/mol. The number of amides is 1. The van der Waals surface area contributed by atoms with Crippen LogP contribution < -0.4 is 5.32 Å². The van der Waals surface area contributed by atoms with Gasteiger partial charge in [0.05, 0.1) is 4.92 Å². The average Bonchev–Trinajstić information content (AvgIpc) is 2.71. The Kier molecular flexibility index (Phi) is 4.06. The molecule has 7 heteroatoms. The third-order valence-electron chi connectivity index (χ3n) is 3.60. The number of benzene rings is 1. The van der Waals surface area contributed by atoms with Crippen LogP contribution in [0.4, 0.5) is 11.4 Å². The van der Waals surface area contributed by atoms with E-state index in [-0.39, 0.29) is 17.9 Å². The molecule has 1 aromatic rings. The number of aliphatic hydroxyl groups is 2. The Bertz CT molecular complexity index is 613. The van der Waals surface area contributed by atoms with Crippen molar-refractivity contribution in [2.75, 3.05) is 11.9 Å². The normalized spacial score (nSPS) is 22.1. The van der Waals surface area contributed by atoms with Gasteiger partial charge >= 0.3 is 0 Å². The van der Waals surface area contributed by atoms with Crippen molar-refractivity contribution in [1.29, 1.82) is 0 Å². The summed E-state index contributed by atoms with van der Waals surface area (Å²) < 4.78 is 0. The quantitative estimate of drug-likeness (QED) is 0.430. The first-order valence-corrected chi connectivity index (χ1v) is 6.51. The van der Waals surface area contributed by atoms with Crippen LogP contribution in [-0.2, 0) is 10.4 Å². The first-order chi connectivity index (χ1) is 9.91. The zero-order chi connectivity index (χ0) is 15.6. The smallest absolute Gasteiger partial charge is 0.269 e. The molecule has 1 aromatic carbocycles. The Hall–Kier alpha value is -2.25. The summed E-state index contributed by atoms with van der Waals surface area (Å²) in [7, 11) is 0. The second-order valence-electron chi connectivity index (χ2n) is 4.94. The summed E-state index contributed by atoms with van der Waals surface area (Å²) in [4.78, 5) is 22.4. The molecule has 0 radical (unpaired) electrons. The van der Waals surface area contributed by atoms with E-state index in [1.165, 1.54) is 18.2 Å². The molecule has 1 heterocycles. The molecule has 21 heavy (non-hydrogen) atoms. The van der Waals surface area contributed by atoms with E-state index in [0.29, 0.717) is 12.1 Å². The molecular formula is C14H16N2O5. The molecule has 7 nitrogen and oxygen atoms in total. The summed E-state index contributed by atoms with van der Waals surface area (Å²) in [6.45, 7) is 1.61. The van der Waals surface area contributed by atoms with E-state index in [0.717, 1.165) is 0 Å². The monoisotopic (exact) mass is 292 g/mol. The van der Waals surface area contributed by atoms with Crippen LogP contribution in [0, 0.1) is 16.0 Å². The summed E-state index contributed by atoms with van der Waals surface area (Å²) in [5.41, 5.74) is -1.47. The number of carbonyl (C=O) groups is 1. The van der Waals surface area contributed by atoms with Crippen LogP contribution >= 0.6 is 0 Å². The van der Waals surface area contributed by atoms with E-state index >= 15 is 0 Å². The van der Waals surface area contributed by atoms with Crippen molar-refractivity contribution in [3.8, 4) is 0 Å². The molecule has 0 saturated heterocycles. The van der Waals surface area contributed by atoms with E-state index in [1.807, 2.05) is 0 Å². The molecule has 112 valence electrons. The Morgan fingerprint density at radius 2 is 2.24 bits per heavy atom. The SMILES string of the molecule is C[C@H](/C=C/CCO)[C@@]1(O)C(=O)Nc2ccc([N+](=O)[O-])cc21. The van der Waals surface area contributed by atoms with Crippen LogP contribution in [0.3, 0.4) is 0 Å². The van der Waals surface area contributed by atoms with E-state index in [1.54, 1.807) is 19.1 Å². The number of hydrogen-bond donors (Lipinski definition) is 3. The number of nitrogens with one attached hydrogen (secondary N) is 1. The van der Waals surface area contributed by atoms with Gasteiger partial charge in [0.15, 0.2) is 5.60 Å². The third-order valence-corrected chi connectivity index (χ3v) is 3.60. The minimum atomic E-state index is -1.85. The zero-order valence-corrected chi connectivity index (χ0v) is 11.4. The van der Waals surface area contributed by atoms with Gasteiger partial charge in [0, 0.05) is 35.9 Å². The minimum absolute atomic E-state index is 0.0318. The molecule has 1 amide bonds. The van der Waals surface area contributed by atoms with Crippen molar-refractivity contribution in [3.05, 3.63) is 46.0 Å². The largest absolute Gasteiger partial charge is 0.396 e. The van der Waals surface area contributed by atoms with Crippen LogP contribution in [0.1, 0.15) is 18.9 Å². The van der Waals surface area contributed by atoms with Gasteiger partial charge in [-0.15, -0.1) is 0 Å². The average molecular weight is 292 g/mol. The van der Waals surface area contributed by atoms with Crippen LogP contribution in [0.2, 0.25) is 0 Å². The molecule has 0 fully saturated rings. The molecule has 0 bridgehead atoms. The highest BCUT2D eigenvalue weighted by molar-refractivity contribution is 6.05.